The second-order valence-electron chi connectivity index (χ2n) is 7.16. The van der Waals surface area contributed by atoms with E-state index in [-0.39, 0.29) is 11.3 Å². The normalized spacial score (nSPS) is 11.2. The van der Waals surface area contributed by atoms with Crippen LogP contribution in [0, 0.1) is 0 Å². The number of carbonyl (C=O) groups excluding carboxylic acids is 2. The fourth-order valence-corrected chi connectivity index (χ4v) is 3.34. The van der Waals surface area contributed by atoms with Gasteiger partial charge in [0, 0.05) is 34.1 Å². The summed E-state index contributed by atoms with van der Waals surface area (Å²) in [7, 11) is 0. The van der Waals surface area contributed by atoms with Gasteiger partial charge in [0.2, 0.25) is 0 Å². The Bertz CT molecular complexity index is 1370. The quantitative estimate of drug-likeness (QED) is 0.391. The molecule has 0 bridgehead atoms. The van der Waals surface area contributed by atoms with Crippen LogP contribution in [0.25, 0.3) is 10.8 Å². The molecule has 4 N–H and O–H groups in total. The van der Waals surface area contributed by atoms with Crippen LogP contribution in [0.2, 0.25) is 0 Å². The third-order valence-electron chi connectivity index (χ3n) is 4.91. The minimum absolute atomic E-state index is 0.00576. The maximum atomic E-state index is 12.9. The van der Waals surface area contributed by atoms with E-state index < -0.39 is 23.6 Å². The number of nitrogens with two attached hydrogens (primary N) is 1. The minimum atomic E-state index is -4.52. The molecule has 0 aliphatic rings. The van der Waals surface area contributed by atoms with Crippen LogP contribution in [0.4, 0.5) is 30.4 Å². The Morgan fingerprint density at radius 1 is 0.788 bits per heavy atom. The summed E-state index contributed by atoms with van der Waals surface area (Å²) in [5.74, 6) is -0.730. The number of nitrogen functional groups attached to an aromatic ring is 1. The van der Waals surface area contributed by atoms with Crippen molar-refractivity contribution in [1.82, 2.24) is 4.98 Å². The lowest BCUT2D eigenvalue weighted by atomic mass is 10.0. The molecule has 166 valence electrons. The van der Waals surface area contributed by atoms with E-state index in [0.29, 0.717) is 27.8 Å². The Morgan fingerprint density at radius 2 is 1.45 bits per heavy atom. The Balaban J connectivity index is 1.54. The highest BCUT2D eigenvalue weighted by atomic mass is 19.4. The van der Waals surface area contributed by atoms with Gasteiger partial charge in [0.25, 0.3) is 11.8 Å². The van der Waals surface area contributed by atoms with Crippen LogP contribution >= 0.6 is 0 Å². The second kappa shape index (κ2) is 8.62. The van der Waals surface area contributed by atoms with Crippen molar-refractivity contribution in [2.45, 2.75) is 6.18 Å². The van der Waals surface area contributed by atoms with Gasteiger partial charge in [-0.05, 0) is 53.9 Å². The van der Waals surface area contributed by atoms with Crippen molar-refractivity contribution >= 4 is 39.8 Å². The largest absolute Gasteiger partial charge is 0.416 e. The van der Waals surface area contributed by atoms with Gasteiger partial charge < -0.3 is 16.4 Å². The Morgan fingerprint density at radius 3 is 2.21 bits per heavy atom. The predicted octanol–water partition coefficient (Wildman–Crippen LogP) is 5.34. The maximum absolute atomic E-state index is 12.9. The number of alkyl halides is 3. The average molecular weight is 450 g/mol. The fraction of sp³-hybridized carbons (Fsp3) is 0.0417. The lowest BCUT2D eigenvalue weighted by Gasteiger charge is -2.11. The zero-order valence-corrected chi connectivity index (χ0v) is 17.0. The minimum Gasteiger partial charge on any atom is -0.383 e. The highest BCUT2D eigenvalue weighted by Crippen LogP contribution is 2.31. The predicted molar refractivity (Wildman–Crippen MR) is 120 cm³/mol. The Kier molecular flexibility index (Phi) is 5.70. The number of hydrogen-bond acceptors (Lipinski definition) is 4. The molecule has 0 aliphatic carbocycles. The first kappa shape index (κ1) is 21.8. The molecule has 0 spiro atoms. The number of amides is 2. The van der Waals surface area contributed by atoms with Gasteiger partial charge >= 0.3 is 6.18 Å². The zero-order valence-electron chi connectivity index (χ0n) is 17.0. The van der Waals surface area contributed by atoms with Crippen molar-refractivity contribution in [2.24, 2.45) is 0 Å². The van der Waals surface area contributed by atoms with Gasteiger partial charge in [0.15, 0.2) is 0 Å². The average Bonchev–Trinajstić information content (AvgIpc) is 2.79. The Labute approximate surface area is 186 Å². The van der Waals surface area contributed by atoms with Crippen LogP contribution < -0.4 is 16.4 Å². The zero-order chi connectivity index (χ0) is 23.6. The lowest BCUT2D eigenvalue weighted by molar-refractivity contribution is -0.137. The number of benzene rings is 3. The van der Waals surface area contributed by atoms with E-state index in [2.05, 4.69) is 15.6 Å². The molecule has 2 amide bonds. The van der Waals surface area contributed by atoms with Crippen molar-refractivity contribution < 1.29 is 22.8 Å². The second-order valence-corrected chi connectivity index (χ2v) is 7.16. The van der Waals surface area contributed by atoms with Crippen LogP contribution in [-0.4, -0.2) is 16.8 Å². The third-order valence-corrected chi connectivity index (χ3v) is 4.91. The maximum Gasteiger partial charge on any atom is 0.416 e. The molecule has 4 aromatic rings. The van der Waals surface area contributed by atoms with E-state index in [1.165, 1.54) is 30.5 Å². The summed E-state index contributed by atoms with van der Waals surface area (Å²) in [6.45, 7) is 0. The molecule has 6 nitrogen and oxygen atoms in total. The molecule has 0 saturated heterocycles. The first-order chi connectivity index (χ1) is 15.7. The van der Waals surface area contributed by atoms with E-state index >= 15 is 0 Å². The smallest absolute Gasteiger partial charge is 0.383 e. The molecular formula is C24H17F3N4O2. The van der Waals surface area contributed by atoms with Gasteiger partial charge in [-0.15, -0.1) is 0 Å². The number of carbonyl (C=O) groups is 2. The molecule has 0 unspecified atom stereocenters. The summed E-state index contributed by atoms with van der Waals surface area (Å²) < 4.78 is 38.7. The van der Waals surface area contributed by atoms with Crippen molar-refractivity contribution in [2.75, 3.05) is 16.4 Å². The molecule has 0 atom stereocenters. The van der Waals surface area contributed by atoms with Gasteiger partial charge in [0.1, 0.15) is 5.82 Å². The standard InChI is InChI=1S/C24H17F3N4O2/c25-24(26,27)15-5-2-7-17(13-15)30-22(32)14-4-1-6-16(12-14)31-23(33)20-9-3-8-19-18(20)10-11-29-21(19)28/h1-13H,(H2,28,29)(H,30,32)(H,31,33). The highest BCUT2D eigenvalue weighted by Gasteiger charge is 2.30. The monoisotopic (exact) mass is 450 g/mol. The van der Waals surface area contributed by atoms with Crippen LogP contribution in [0.15, 0.2) is 79.0 Å². The number of pyridine rings is 1. The van der Waals surface area contributed by atoms with Crippen LogP contribution in [0.1, 0.15) is 26.3 Å². The fourth-order valence-electron chi connectivity index (χ4n) is 3.34. The number of rotatable bonds is 4. The molecule has 0 fully saturated rings. The topological polar surface area (TPSA) is 97.1 Å². The number of halogens is 3. The van der Waals surface area contributed by atoms with Crippen LogP contribution in [0.5, 0.6) is 0 Å². The molecule has 0 aliphatic heterocycles. The molecule has 0 radical (unpaired) electrons. The summed E-state index contributed by atoms with van der Waals surface area (Å²) in [4.78, 5) is 29.4. The Hall–Kier alpha value is -4.40. The van der Waals surface area contributed by atoms with Crippen LogP contribution in [-0.2, 0) is 6.18 Å². The number of fused-ring (bicyclic) bond motifs is 1. The van der Waals surface area contributed by atoms with Gasteiger partial charge in [-0.25, -0.2) is 4.98 Å². The SMILES string of the molecule is Nc1nccc2c(C(=O)Nc3cccc(C(=O)Nc4cccc(C(F)(F)F)c4)c3)cccc12. The van der Waals surface area contributed by atoms with Gasteiger partial charge in [-0.1, -0.05) is 24.3 Å². The van der Waals surface area contributed by atoms with Crippen LogP contribution in [0.3, 0.4) is 0 Å². The van der Waals surface area contributed by atoms with E-state index in [0.717, 1.165) is 12.1 Å². The van der Waals surface area contributed by atoms with Gasteiger partial charge in [-0.2, -0.15) is 13.2 Å². The summed E-state index contributed by atoms with van der Waals surface area (Å²) in [6, 6.07) is 17.2. The van der Waals surface area contributed by atoms with Crippen molar-refractivity contribution in [3.05, 3.63) is 95.7 Å². The molecule has 9 heteroatoms. The number of nitrogens with one attached hydrogen (secondary N) is 2. The molecule has 0 saturated carbocycles. The number of hydrogen-bond donors (Lipinski definition) is 3. The van der Waals surface area contributed by atoms with Crippen molar-refractivity contribution in [1.29, 1.82) is 0 Å². The molecule has 33 heavy (non-hydrogen) atoms. The highest BCUT2D eigenvalue weighted by molar-refractivity contribution is 6.14. The third kappa shape index (κ3) is 4.77. The van der Waals surface area contributed by atoms with Gasteiger partial charge in [-0.3, -0.25) is 9.59 Å². The molecule has 3 aromatic carbocycles. The van der Waals surface area contributed by atoms with E-state index in [4.69, 9.17) is 5.73 Å². The summed E-state index contributed by atoms with van der Waals surface area (Å²) in [6.07, 6.45) is -3.01. The number of nitrogens with zero attached hydrogens (tertiary/aromatic N) is 1. The molecule has 1 aromatic heterocycles. The number of aromatic nitrogens is 1. The first-order valence-electron chi connectivity index (χ1n) is 9.75. The van der Waals surface area contributed by atoms with E-state index in [9.17, 15) is 22.8 Å². The van der Waals surface area contributed by atoms with E-state index in [1.54, 1.807) is 36.4 Å². The first-order valence-corrected chi connectivity index (χ1v) is 9.75. The van der Waals surface area contributed by atoms with Gasteiger partial charge in [0.05, 0.1) is 5.56 Å². The molecular weight excluding hydrogens is 433 g/mol. The van der Waals surface area contributed by atoms with Crippen molar-refractivity contribution in [3.63, 3.8) is 0 Å². The van der Waals surface area contributed by atoms with E-state index in [1.807, 2.05) is 0 Å². The number of anilines is 3. The molecule has 4 rings (SSSR count). The summed E-state index contributed by atoms with van der Waals surface area (Å²) in [5, 5.41) is 6.43. The van der Waals surface area contributed by atoms with Crippen molar-refractivity contribution in [3.8, 4) is 0 Å². The molecule has 1 heterocycles. The lowest BCUT2D eigenvalue weighted by Crippen LogP contribution is -2.15. The summed E-state index contributed by atoms with van der Waals surface area (Å²) in [5.41, 5.74) is 5.90. The summed E-state index contributed by atoms with van der Waals surface area (Å²) >= 11 is 0.